The Bertz CT molecular complexity index is 315. The normalized spacial score (nSPS) is 21.8. The van der Waals surface area contributed by atoms with E-state index in [-0.39, 0.29) is 12.1 Å². The summed E-state index contributed by atoms with van der Waals surface area (Å²) < 4.78 is 5.57. The van der Waals surface area contributed by atoms with E-state index in [1.807, 2.05) is 25.7 Å². The fourth-order valence-electron chi connectivity index (χ4n) is 2.80. The van der Waals surface area contributed by atoms with Gasteiger partial charge in [-0.1, -0.05) is 12.8 Å². The molecule has 3 N–H and O–H groups in total. The smallest absolute Gasteiger partial charge is 0.410 e. The Labute approximate surface area is 129 Å². The van der Waals surface area contributed by atoms with E-state index in [4.69, 9.17) is 10.5 Å². The summed E-state index contributed by atoms with van der Waals surface area (Å²) in [7, 11) is 0. The number of likely N-dealkylation sites (tertiary alicyclic amines) is 1. The number of hydrogen-bond donors (Lipinski definition) is 2. The van der Waals surface area contributed by atoms with Crippen molar-refractivity contribution in [2.75, 3.05) is 19.6 Å². The lowest BCUT2D eigenvalue weighted by Crippen LogP contribution is -2.46. The van der Waals surface area contributed by atoms with Gasteiger partial charge in [0, 0.05) is 31.7 Å². The number of ether oxygens (including phenoxy) is 1. The van der Waals surface area contributed by atoms with Crippen LogP contribution in [0, 0.1) is 0 Å². The molecule has 0 aromatic heterocycles. The molecule has 5 nitrogen and oxygen atoms in total. The Morgan fingerprint density at radius 3 is 2.71 bits per heavy atom. The second-order valence-electron chi connectivity index (χ2n) is 7.06. The number of amides is 1. The van der Waals surface area contributed by atoms with Crippen molar-refractivity contribution in [3.05, 3.63) is 0 Å². The van der Waals surface area contributed by atoms with Crippen molar-refractivity contribution in [3.63, 3.8) is 0 Å². The van der Waals surface area contributed by atoms with Gasteiger partial charge in [-0.15, -0.1) is 0 Å². The monoisotopic (exact) mass is 299 g/mol. The van der Waals surface area contributed by atoms with Crippen LogP contribution in [0.1, 0.15) is 59.8 Å². The van der Waals surface area contributed by atoms with Crippen LogP contribution in [0.15, 0.2) is 0 Å². The van der Waals surface area contributed by atoms with E-state index in [2.05, 4.69) is 12.2 Å². The van der Waals surface area contributed by atoms with Crippen molar-refractivity contribution >= 4 is 6.09 Å². The predicted octanol–water partition coefficient (Wildman–Crippen LogP) is 2.49. The molecule has 1 aliphatic heterocycles. The summed E-state index contributed by atoms with van der Waals surface area (Å²) in [4.78, 5) is 14.4. The van der Waals surface area contributed by atoms with Gasteiger partial charge < -0.3 is 20.7 Å². The predicted molar refractivity (Wildman–Crippen MR) is 86.3 cm³/mol. The van der Waals surface area contributed by atoms with E-state index >= 15 is 0 Å². The Morgan fingerprint density at radius 1 is 1.38 bits per heavy atom. The molecule has 21 heavy (non-hydrogen) atoms. The van der Waals surface area contributed by atoms with E-state index in [0.29, 0.717) is 12.6 Å². The zero-order chi connectivity index (χ0) is 15.9. The summed E-state index contributed by atoms with van der Waals surface area (Å²) in [6.45, 7) is 10.2. The highest BCUT2D eigenvalue weighted by molar-refractivity contribution is 5.68. The number of carbonyl (C=O) groups excluding carboxylic acids is 1. The van der Waals surface area contributed by atoms with Crippen LogP contribution in [0.2, 0.25) is 0 Å². The maximum absolute atomic E-state index is 12.4. The van der Waals surface area contributed by atoms with Crippen LogP contribution >= 0.6 is 0 Å². The average Bonchev–Trinajstić information content (AvgIpc) is 2.59. The first kappa shape index (κ1) is 18.2. The van der Waals surface area contributed by atoms with Gasteiger partial charge in [-0.2, -0.15) is 0 Å². The zero-order valence-corrected chi connectivity index (χ0v) is 14.2. The highest BCUT2D eigenvalue weighted by Gasteiger charge is 2.30. The quantitative estimate of drug-likeness (QED) is 0.818. The molecule has 0 aromatic rings. The molecular formula is C16H33N3O2. The van der Waals surface area contributed by atoms with Crippen LogP contribution in [-0.2, 0) is 4.74 Å². The molecule has 1 amide bonds. The molecule has 1 fully saturated rings. The first-order valence-corrected chi connectivity index (χ1v) is 8.26. The largest absolute Gasteiger partial charge is 0.444 e. The molecule has 0 spiro atoms. The first-order chi connectivity index (χ1) is 9.83. The topological polar surface area (TPSA) is 67.6 Å². The summed E-state index contributed by atoms with van der Waals surface area (Å²) in [6.07, 6.45) is 5.31. The molecule has 0 saturated carbocycles. The number of nitrogens with one attached hydrogen (secondary N) is 1. The Morgan fingerprint density at radius 2 is 2.10 bits per heavy atom. The van der Waals surface area contributed by atoms with Crippen LogP contribution < -0.4 is 11.1 Å². The van der Waals surface area contributed by atoms with Crippen LogP contribution in [0.5, 0.6) is 0 Å². The lowest BCUT2D eigenvalue weighted by molar-refractivity contribution is 0.0150. The molecule has 0 radical (unpaired) electrons. The van der Waals surface area contributed by atoms with Gasteiger partial charge in [0.2, 0.25) is 0 Å². The number of nitrogens with zero attached hydrogens (tertiary/aromatic N) is 1. The molecule has 0 aliphatic carbocycles. The van der Waals surface area contributed by atoms with E-state index < -0.39 is 5.60 Å². The minimum atomic E-state index is -0.433. The molecule has 5 heteroatoms. The highest BCUT2D eigenvalue weighted by atomic mass is 16.6. The van der Waals surface area contributed by atoms with E-state index in [9.17, 15) is 4.79 Å². The van der Waals surface area contributed by atoms with Crippen molar-refractivity contribution in [2.45, 2.75) is 77.5 Å². The van der Waals surface area contributed by atoms with Gasteiger partial charge in [-0.05, 0) is 47.0 Å². The summed E-state index contributed by atoms with van der Waals surface area (Å²) in [6, 6.07) is 0.629. The second-order valence-corrected chi connectivity index (χ2v) is 7.06. The molecule has 124 valence electrons. The van der Waals surface area contributed by atoms with Crippen molar-refractivity contribution in [1.29, 1.82) is 0 Å². The third-order valence-corrected chi connectivity index (χ3v) is 3.77. The maximum Gasteiger partial charge on any atom is 0.410 e. The van der Waals surface area contributed by atoms with Crippen molar-refractivity contribution in [1.82, 2.24) is 10.2 Å². The van der Waals surface area contributed by atoms with Crippen LogP contribution in [0.25, 0.3) is 0 Å². The fraction of sp³-hybridized carbons (Fsp3) is 0.938. The van der Waals surface area contributed by atoms with Crippen molar-refractivity contribution in [3.8, 4) is 0 Å². The van der Waals surface area contributed by atoms with Crippen molar-refractivity contribution < 1.29 is 9.53 Å². The second kappa shape index (κ2) is 8.59. The Balaban J connectivity index is 2.64. The van der Waals surface area contributed by atoms with Crippen molar-refractivity contribution in [2.24, 2.45) is 5.73 Å². The molecular weight excluding hydrogens is 266 g/mol. The van der Waals surface area contributed by atoms with Crippen LogP contribution in [0.4, 0.5) is 4.79 Å². The van der Waals surface area contributed by atoms with E-state index in [1.165, 1.54) is 12.8 Å². The summed E-state index contributed by atoms with van der Waals surface area (Å²) in [5.74, 6) is 0. The molecule has 0 bridgehead atoms. The van der Waals surface area contributed by atoms with Crippen LogP contribution in [-0.4, -0.2) is 48.3 Å². The molecule has 0 aromatic carbocycles. The highest BCUT2D eigenvalue weighted by Crippen LogP contribution is 2.23. The minimum Gasteiger partial charge on any atom is -0.444 e. The lowest BCUT2D eigenvalue weighted by Gasteiger charge is -2.33. The van der Waals surface area contributed by atoms with Gasteiger partial charge in [0.25, 0.3) is 0 Å². The Kier molecular flexibility index (Phi) is 7.46. The van der Waals surface area contributed by atoms with E-state index in [0.717, 1.165) is 32.4 Å². The first-order valence-electron chi connectivity index (χ1n) is 8.26. The molecule has 1 rings (SSSR count). The SMILES string of the molecule is CC(CC1CCCCCN1C(=O)OC(C)(C)C)NCCN. The number of carbonyl (C=O) groups is 1. The standard InChI is InChI=1S/C16H33N3O2/c1-13(18-10-9-17)12-14-8-6-5-7-11-19(14)15(20)21-16(2,3)4/h13-14,18H,5-12,17H2,1-4H3. The van der Waals surface area contributed by atoms with E-state index in [1.54, 1.807) is 0 Å². The molecule has 2 unspecified atom stereocenters. The summed E-state index contributed by atoms with van der Waals surface area (Å²) in [5.41, 5.74) is 5.10. The summed E-state index contributed by atoms with van der Waals surface area (Å²) in [5, 5.41) is 3.40. The van der Waals surface area contributed by atoms with Gasteiger partial charge >= 0.3 is 6.09 Å². The maximum atomic E-state index is 12.4. The average molecular weight is 299 g/mol. The number of hydrogen-bond acceptors (Lipinski definition) is 4. The molecule has 1 saturated heterocycles. The van der Waals surface area contributed by atoms with Gasteiger partial charge in [0.1, 0.15) is 5.60 Å². The molecule has 1 heterocycles. The fourth-order valence-corrected chi connectivity index (χ4v) is 2.80. The molecule has 1 aliphatic rings. The number of rotatable bonds is 5. The van der Waals surface area contributed by atoms with Crippen LogP contribution in [0.3, 0.4) is 0 Å². The van der Waals surface area contributed by atoms with Gasteiger partial charge in [0.05, 0.1) is 0 Å². The lowest BCUT2D eigenvalue weighted by atomic mass is 10.0. The number of nitrogens with two attached hydrogens (primary N) is 1. The minimum absolute atomic E-state index is 0.166. The van der Waals surface area contributed by atoms with Gasteiger partial charge in [0.15, 0.2) is 0 Å². The third kappa shape index (κ3) is 7.14. The zero-order valence-electron chi connectivity index (χ0n) is 14.2. The molecule has 2 atom stereocenters. The van der Waals surface area contributed by atoms with Gasteiger partial charge in [-0.3, -0.25) is 0 Å². The Hall–Kier alpha value is -0.810. The summed E-state index contributed by atoms with van der Waals surface area (Å²) >= 11 is 0. The van der Waals surface area contributed by atoms with Gasteiger partial charge in [-0.25, -0.2) is 4.79 Å². The third-order valence-electron chi connectivity index (χ3n) is 3.77.